The third-order valence-corrected chi connectivity index (χ3v) is 3.90. The second-order valence-corrected chi connectivity index (χ2v) is 5.60. The molecule has 0 aliphatic carbocycles. The fraction of sp³-hybridized carbons (Fsp3) is 0.625. The van der Waals surface area contributed by atoms with Crippen molar-refractivity contribution in [2.45, 2.75) is 44.8 Å². The van der Waals surface area contributed by atoms with Gasteiger partial charge in [-0.15, -0.1) is 0 Å². The van der Waals surface area contributed by atoms with Gasteiger partial charge >= 0.3 is 0 Å². The molecule has 0 aromatic heterocycles. The maximum atomic E-state index is 8.91. The molecule has 0 spiro atoms. The molecule has 3 heteroatoms. The van der Waals surface area contributed by atoms with Crippen molar-refractivity contribution in [3.05, 3.63) is 35.9 Å². The molecule has 0 amide bonds. The van der Waals surface area contributed by atoms with E-state index in [1.54, 1.807) is 0 Å². The van der Waals surface area contributed by atoms with Crippen LogP contribution in [-0.2, 0) is 6.54 Å². The van der Waals surface area contributed by atoms with Crippen LogP contribution in [0.15, 0.2) is 30.3 Å². The minimum atomic E-state index is 0.315. The minimum absolute atomic E-state index is 0.315. The Labute approximate surface area is 116 Å². The number of benzene rings is 1. The smallest absolute Gasteiger partial charge is 0.0431 e. The van der Waals surface area contributed by atoms with Crippen LogP contribution in [0.2, 0.25) is 0 Å². The molecule has 2 atom stereocenters. The van der Waals surface area contributed by atoms with Crippen molar-refractivity contribution < 1.29 is 5.11 Å². The predicted octanol–water partition coefficient (Wildman–Crippen LogP) is 2.01. The van der Waals surface area contributed by atoms with Crippen LogP contribution in [0, 0.1) is 0 Å². The van der Waals surface area contributed by atoms with E-state index < -0.39 is 0 Å². The molecule has 2 N–H and O–H groups in total. The van der Waals surface area contributed by atoms with E-state index in [0.29, 0.717) is 18.7 Å². The molecule has 19 heavy (non-hydrogen) atoms. The Bertz CT molecular complexity index is 355. The van der Waals surface area contributed by atoms with Gasteiger partial charge in [-0.2, -0.15) is 0 Å². The molecule has 2 rings (SSSR count). The first-order valence-corrected chi connectivity index (χ1v) is 7.42. The second kappa shape index (κ2) is 7.63. The molecular formula is C16H26N2O. The lowest BCUT2D eigenvalue weighted by molar-refractivity contribution is 0.117. The molecule has 1 saturated heterocycles. The number of aliphatic hydroxyl groups excluding tert-OH is 1. The molecule has 0 unspecified atom stereocenters. The predicted molar refractivity (Wildman–Crippen MR) is 79.0 cm³/mol. The topological polar surface area (TPSA) is 35.5 Å². The van der Waals surface area contributed by atoms with Crippen LogP contribution < -0.4 is 5.32 Å². The third kappa shape index (κ3) is 4.60. The van der Waals surface area contributed by atoms with Gasteiger partial charge in [0.1, 0.15) is 0 Å². The van der Waals surface area contributed by atoms with Crippen LogP contribution >= 0.6 is 0 Å². The van der Waals surface area contributed by atoms with E-state index >= 15 is 0 Å². The van der Waals surface area contributed by atoms with Crippen LogP contribution in [0.1, 0.15) is 31.7 Å². The first-order valence-electron chi connectivity index (χ1n) is 7.42. The maximum Gasteiger partial charge on any atom is 0.0431 e. The first-order chi connectivity index (χ1) is 9.29. The summed E-state index contributed by atoms with van der Waals surface area (Å²) >= 11 is 0. The van der Waals surface area contributed by atoms with E-state index in [4.69, 9.17) is 5.11 Å². The third-order valence-electron chi connectivity index (χ3n) is 3.90. The molecular weight excluding hydrogens is 236 g/mol. The summed E-state index contributed by atoms with van der Waals surface area (Å²) in [7, 11) is 0. The highest BCUT2D eigenvalue weighted by atomic mass is 16.2. The zero-order valence-corrected chi connectivity index (χ0v) is 11.9. The molecule has 1 aliphatic rings. The van der Waals surface area contributed by atoms with Gasteiger partial charge in [-0.05, 0) is 31.7 Å². The van der Waals surface area contributed by atoms with Gasteiger partial charge < -0.3 is 10.4 Å². The van der Waals surface area contributed by atoms with Gasteiger partial charge in [-0.1, -0.05) is 30.3 Å². The van der Waals surface area contributed by atoms with Gasteiger partial charge in [0.15, 0.2) is 0 Å². The van der Waals surface area contributed by atoms with Gasteiger partial charge in [0, 0.05) is 38.3 Å². The maximum absolute atomic E-state index is 8.91. The molecule has 1 heterocycles. The Balaban J connectivity index is 1.92. The standard InChI is InChI=1S/C16H26N2O/c1-14-12-18(13-15-7-3-2-4-8-15)16(11-17-14)9-5-6-10-19/h2-4,7-8,14,16-17,19H,5-6,9-13H2,1H3/t14-,16-/m1/s1. The van der Waals surface area contributed by atoms with Gasteiger partial charge in [0.2, 0.25) is 0 Å². The summed E-state index contributed by atoms with van der Waals surface area (Å²) in [5.41, 5.74) is 1.39. The van der Waals surface area contributed by atoms with E-state index in [9.17, 15) is 0 Å². The Morgan fingerprint density at radius 3 is 2.79 bits per heavy atom. The minimum Gasteiger partial charge on any atom is -0.396 e. The van der Waals surface area contributed by atoms with Crippen LogP contribution in [0.25, 0.3) is 0 Å². The number of aliphatic hydroxyl groups is 1. The molecule has 0 bridgehead atoms. The monoisotopic (exact) mass is 262 g/mol. The molecule has 0 radical (unpaired) electrons. The van der Waals surface area contributed by atoms with Crippen molar-refractivity contribution in [1.29, 1.82) is 0 Å². The SMILES string of the molecule is C[C@@H]1CN(Cc2ccccc2)[C@H](CCCCO)CN1. The number of rotatable bonds is 6. The normalized spacial score (nSPS) is 24.5. The zero-order chi connectivity index (χ0) is 13.5. The summed E-state index contributed by atoms with van der Waals surface area (Å²) in [6.45, 7) is 5.78. The van der Waals surface area contributed by atoms with Gasteiger partial charge in [0.05, 0.1) is 0 Å². The number of nitrogens with zero attached hydrogens (tertiary/aromatic N) is 1. The molecule has 106 valence electrons. The molecule has 1 aromatic carbocycles. The first kappa shape index (κ1) is 14.5. The Kier molecular flexibility index (Phi) is 5.83. The van der Waals surface area contributed by atoms with Gasteiger partial charge in [0.25, 0.3) is 0 Å². The van der Waals surface area contributed by atoms with Crippen LogP contribution in [0.3, 0.4) is 0 Å². The lowest BCUT2D eigenvalue weighted by Crippen LogP contribution is -2.54. The van der Waals surface area contributed by atoms with Crippen molar-refractivity contribution in [1.82, 2.24) is 10.2 Å². The average molecular weight is 262 g/mol. The molecule has 1 aromatic rings. The summed E-state index contributed by atoms with van der Waals surface area (Å²) in [6, 6.07) is 11.9. The van der Waals surface area contributed by atoms with E-state index in [0.717, 1.165) is 32.5 Å². The van der Waals surface area contributed by atoms with E-state index in [1.165, 1.54) is 12.0 Å². The van der Waals surface area contributed by atoms with Gasteiger partial charge in [-0.25, -0.2) is 0 Å². The molecule has 1 fully saturated rings. The second-order valence-electron chi connectivity index (χ2n) is 5.60. The summed E-state index contributed by atoms with van der Waals surface area (Å²) in [5.74, 6) is 0. The van der Waals surface area contributed by atoms with E-state index in [2.05, 4.69) is 47.5 Å². The van der Waals surface area contributed by atoms with Crippen molar-refractivity contribution in [3.63, 3.8) is 0 Å². The highest BCUT2D eigenvalue weighted by molar-refractivity contribution is 5.14. The highest BCUT2D eigenvalue weighted by Crippen LogP contribution is 2.16. The van der Waals surface area contributed by atoms with E-state index in [-0.39, 0.29) is 0 Å². The molecule has 1 aliphatic heterocycles. The van der Waals surface area contributed by atoms with E-state index in [1.807, 2.05) is 0 Å². The number of hydrogen-bond acceptors (Lipinski definition) is 3. The Morgan fingerprint density at radius 2 is 2.05 bits per heavy atom. The van der Waals surface area contributed by atoms with Crippen molar-refractivity contribution in [2.24, 2.45) is 0 Å². The van der Waals surface area contributed by atoms with Crippen molar-refractivity contribution in [3.8, 4) is 0 Å². The van der Waals surface area contributed by atoms with Crippen LogP contribution in [0.4, 0.5) is 0 Å². The van der Waals surface area contributed by atoms with Crippen LogP contribution in [0.5, 0.6) is 0 Å². The number of nitrogens with one attached hydrogen (secondary N) is 1. The Hall–Kier alpha value is -0.900. The summed E-state index contributed by atoms with van der Waals surface area (Å²) < 4.78 is 0. The lowest BCUT2D eigenvalue weighted by Gasteiger charge is -2.39. The van der Waals surface area contributed by atoms with Gasteiger partial charge in [-0.3, -0.25) is 4.90 Å². The number of piperazine rings is 1. The highest BCUT2D eigenvalue weighted by Gasteiger charge is 2.25. The quantitative estimate of drug-likeness (QED) is 0.770. The molecule has 3 nitrogen and oxygen atoms in total. The average Bonchev–Trinajstić information content (AvgIpc) is 2.43. The summed E-state index contributed by atoms with van der Waals surface area (Å²) in [5, 5.41) is 12.5. The van der Waals surface area contributed by atoms with Crippen molar-refractivity contribution in [2.75, 3.05) is 19.7 Å². The van der Waals surface area contributed by atoms with Crippen LogP contribution in [-0.4, -0.2) is 41.8 Å². The fourth-order valence-electron chi connectivity index (χ4n) is 2.82. The summed E-state index contributed by atoms with van der Waals surface area (Å²) in [4.78, 5) is 2.59. The van der Waals surface area contributed by atoms with Crippen molar-refractivity contribution >= 4 is 0 Å². The summed E-state index contributed by atoms with van der Waals surface area (Å²) in [6.07, 6.45) is 3.21. The zero-order valence-electron chi connectivity index (χ0n) is 11.9. The lowest BCUT2D eigenvalue weighted by atomic mass is 10.0. The number of unbranched alkanes of at least 4 members (excludes halogenated alkanes) is 1. The Morgan fingerprint density at radius 1 is 1.26 bits per heavy atom. The fourth-order valence-corrected chi connectivity index (χ4v) is 2.82. The molecule has 0 saturated carbocycles. The number of hydrogen-bond donors (Lipinski definition) is 2. The largest absolute Gasteiger partial charge is 0.396 e.